The minimum Gasteiger partial charge on any atom is -0.391 e. The van der Waals surface area contributed by atoms with Crippen molar-refractivity contribution in [3.8, 4) is 0 Å². The van der Waals surface area contributed by atoms with Gasteiger partial charge >= 0.3 is 0 Å². The fraction of sp³-hybridized carbons (Fsp3) is 0.739. The fourth-order valence-electron chi connectivity index (χ4n) is 7.27. The Morgan fingerprint density at radius 1 is 1.31 bits per heavy atom. The topological polar surface area (TPSA) is 72.8 Å². The first-order chi connectivity index (χ1) is 13.6. The molecule has 4 rings (SSSR count). The van der Waals surface area contributed by atoms with E-state index in [0.29, 0.717) is 12.8 Å². The van der Waals surface area contributed by atoms with Gasteiger partial charge < -0.3 is 14.6 Å². The maximum Gasteiger partial charge on any atom is 0.178 e. The van der Waals surface area contributed by atoms with Gasteiger partial charge in [-0.2, -0.15) is 0 Å². The monoisotopic (exact) mass is 422 g/mol. The molecule has 3 saturated carbocycles. The third kappa shape index (κ3) is 2.51. The number of rotatable bonds is 4. The molecule has 0 aliphatic heterocycles. The van der Waals surface area contributed by atoms with Gasteiger partial charge in [0, 0.05) is 17.9 Å². The Balaban J connectivity index is 1.79. The summed E-state index contributed by atoms with van der Waals surface area (Å²) in [6.07, 6.45) is 7.71. The van der Waals surface area contributed by atoms with Crippen molar-refractivity contribution in [1.29, 1.82) is 0 Å². The molecule has 0 heterocycles. The highest BCUT2D eigenvalue weighted by atomic mass is 35.5. The summed E-state index contributed by atoms with van der Waals surface area (Å²) in [5.74, 6) is 0.134. The van der Waals surface area contributed by atoms with Crippen LogP contribution in [0.1, 0.15) is 52.9 Å². The zero-order valence-corrected chi connectivity index (χ0v) is 18.4. The maximum atomic E-state index is 12.9. The number of Topliss-reactive ketones (excluding diaryl/α,β-unsaturated/α-hetero) is 1. The van der Waals surface area contributed by atoms with Crippen LogP contribution < -0.4 is 0 Å². The van der Waals surface area contributed by atoms with E-state index in [0.717, 1.165) is 24.8 Å². The van der Waals surface area contributed by atoms with Crippen molar-refractivity contribution in [2.75, 3.05) is 13.9 Å². The average Bonchev–Trinajstić information content (AvgIpc) is 2.95. The van der Waals surface area contributed by atoms with E-state index in [-0.39, 0.29) is 30.2 Å². The summed E-state index contributed by atoms with van der Waals surface area (Å²) < 4.78 is 11.2. The van der Waals surface area contributed by atoms with Gasteiger partial charge in [0.2, 0.25) is 0 Å². The van der Waals surface area contributed by atoms with Gasteiger partial charge in [0.05, 0.1) is 11.0 Å². The number of allylic oxidation sites excluding steroid dienone is 4. The number of ether oxygens (including phenoxy) is 2. The minimum absolute atomic E-state index is 0.0143. The van der Waals surface area contributed by atoms with Crippen LogP contribution in [0.3, 0.4) is 0 Å². The van der Waals surface area contributed by atoms with Crippen LogP contribution in [-0.2, 0) is 19.1 Å². The molecule has 1 N–H and O–H groups in total. The molecule has 6 heteroatoms. The van der Waals surface area contributed by atoms with E-state index in [4.69, 9.17) is 21.1 Å². The number of hydrogen-bond acceptors (Lipinski definition) is 5. The third-order valence-electron chi connectivity index (χ3n) is 8.75. The molecule has 3 fully saturated rings. The summed E-state index contributed by atoms with van der Waals surface area (Å²) in [6.45, 7) is 5.75. The second kappa shape index (κ2) is 6.74. The molecule has 0 bridgehead atoms. The first kappa shape index (κ1) is 21.2. The third-order valence-corrected chi connectivity index (χ3v) is 9.68. The Hall–Kier alpha value is -1.01. The molecule has 0 aromatic carbocycles. The summed E-state index contributed by atoms with van der Waals surface area (Å²) in [7, 11) is 1.55. The van der Waals surface area contributed by atoms with E-state index in [1.54, 1.807) is 26.2 Å². The first-order valence-electron chi connectivity index (χ1n) is 10.5. The Labute approximate surface area is 177 Å². The average molecular weight is 423 g/mol. The van der Waals surface area contributed by atoms with E-state index in [9.17, 15) is 14.7 Å². The molecule has 0 aromatic rings. The van der Waals surface area contributed by atoms with E-state index < -0.39 is 27.4 Å². The molecule has 4 aliphatic carbocycles. The number of fused-ring (bicyclic) bond motifs is 5. The normalized spacial score (nSPS) is 48.6. The van der Waals surface area contributed by atoms with Crippen LogP contribution in [0.25, 0.3) is 0 Å². The molecule has 0 aromatic heterocycles. The minimum atomic E-state index is -0.970. The van der Waals surface area contributed by atoms with E-state index in [1.165, 1.54) is 0 Å². The highest BCUT2D eigenvalue weighted by Crippen LogP contribution is 2.71. The number of ketones is 2. The second-order valence-corrected chi connectivity index (χ2v) is 10.4. The molecule has 160 valence electrons. The molecule has 0 radical (unpaired) electrons. The standard InChI is InChI=1S/C23H31ClO5/c1-14(25)22(29-13-28-4)10-8-17-18-6-5-15-11-16(26)7-9-20(15,2)23(18,24)19(27)12-21(17,22)3/h7,9,11,17-19,27H,5-6,8,10,12-13H2,1-4H3/t17-,18-,19?,20-,21-,22-,23-/m0/s1. The fourth-order valence-corrected chi connectivity index (χ4v) is 7.80. The first-order valence-corrected chi connectivity index (χ1v) is 10.9. The van der Waals surface area contributed by atoms with Crippen molar-refractivity contribution in [3.05, 3.63) is 23.8 Å². The van der Waals surface area contributed by atoms with E-state index >= 15 is 0 Å². The van der Waals surface area contributed by atoms with Gasteiger partial charge in [-0.15, -0.1) is 11.6 Å². The van der Waals surface area contributed by atoms with Gasteiger partial charge in [-0.3, -0.25) is 9.59 Å². The number of carbonyl (C=O) groups excluding carboxylic acids is 2. The molecule has 4 aliphatic rings. The molecule has 0 spiro atoms. The number of alkyl halides is 1. The zero-order chi connectivity index (χ0) is 21.2. The van der Waals surface area contributed by atoms with Crippen molar-refractivity contribution in [2.24, 2.45) is 22.7 Å². The smallest absolute Gasteiger partial charge is 0.178 e. The number of aliphatic hydroxyl groups is 1. The maximum absolute atomic E-state index is 12.9. The van der Waals surface area contributed by atoms with Crippen LogP contribution in [0.5, 0.6) is 0 Å². The van der Waals surface area contributed by atoms with E-state index in [1.807, 2.05) is 13.0 Å². The Bertz CT molecular complexity index is 805. The highest BCUT2D eigenvalue weighted by Gasteiger charge is 2.73. The second-order valence-electron chi connectivity index (χ2n) is 9.74. The molecule has 0 saturated heterocycles. The van der Waals surface area contributed by atoms with Crippen molar-refractivity contribution in [3.63, 3.8) is 0 Å². The quantitative estimate of drug-likeness (QED) is 0.553. The molecular weight excluding hydrogens is 392 g/mol. The summed E-state index contributed by atoms with van der Waals surface area (Å²) in [6, 6.07) is 0. The van der Waals surface area contributed by atoms with Gasteiger partial charge in [-0.05, 0) is 63.0 Å². The lowest BCUT2D eigenvalue weighted by molar-refractivity contribution is -0.208. The molecular formula is C23H31ClO5. The lowest BCUT2D eigenvalue weighted by Gasteiger charge is -2.64. The lowest BCUT2D eigenvalue weighted by Crippen LogP contribution is -2.68. The van der Waals surface area contributed by atoms with E-state index in [2.05, 4.69) is 6.92 Å². The van der Waals surface area contributed by atoms with Crippen LogP contribution in [0.4, 0.5) is 0 Å². The highest BCUT2D eigenvalue weighted by molar-refractivity contribution is 6.26. The summed E-state index contributed by atoms with van der Waals surface area (Å²) >= 11 is 7.39. The van der Waals surface area contributed by atoms with Gasteiger partial charge in [-0.25, -0.2) is 0 Å². The van der Waals surface area contributed by atoms with Crippen LogP contribution in [0.2, 0.25) is 0 Å². The largest absolute Gasteiger partial charge is 0.391 e. The predicted octanol–water partition coefficient (Wildman–Crippen LogP) is 3.57. The number of aliphatic hydroxyl groups excluding tert-OH is 1. The Kier molecular flexibility index (Phi) is 4.94. The molecule has 0 amide bonds. The van der Waals surface area contributed by atoms with Gasteiger partial charge in [-0.1, -0.05) is 25.5 Å². The molecule has 29 heavy (non-hydrogen) atoms. The van der Waals surface area contributed by atoms with Crippen molar-refractivity contribution in [2.45, 2.75) is 69.5 Å². The summed E-state index contributed by atoms with van der Waals surface area (Å²) in [4.78, 5) is 23.9. The van der Waals surface area contributed by atoms with Crippen molar-refractivity contribution < 1.29 is 24.2 Å². The Morgan fingerprint density at radius 2 is 2.03 bits per heavy atom. The van der Waals surface area contributed by atoms with Gasteiger partial charge in [0.1, 0.15) is 12.4 Å². The number of carbonyl (C=O) groups is 2. The number of hydrogen-bond donors (Lipinski definition) is 1. The summed E-state index contributed by atoms with van der Waals surface area (Å²) in [5, 5.41) is 11.5. The SMILES string of the molecule is COCO[C@]1(C(C)=O)CC[C@H]2[C@@H]3CCC4=CC(=O)C=C[C@]4(C)[C@@]3(Cl)C(O)C[C@@]21C. The Morgan fingerprint density at radius 3 is 2.69 bits per heavy atom. The number of methoxy groups -OCH3 is 1. The molecule has 1 unspecified atom stereocenters. The van der Waals surface area contributed by atoms with Crippen molar-refractivity contribution >= 4 is 23.2 Å². The molecule has 5 nitrogen and oxygen atoms in total. The zero-order valence-electron chi connectivity index (χ0n) is 17.7. The van der Waals surface area contributed by atoms with Crippen molar-refractivity contribution in [1.82, 2.24) is 0 Å². The van der Waals surface area contributed by atoms with Crippen LogP contribution in [0.15, 0.2) is 23.8 Å². The predicted molar refractivity (Wildman–Crippen MR) is 109 cm³/mol. The lowest BCUT2D eigenvalue weighted by atomic mass is 9.45. The van der Waals surface area contributed by atoms with Gasteiger partial charge in [0.15, 0.2) is 11.6 Å². The van der Waals surface area contributed by atoms with Crippen LogP contribution in [0, 0.1) is 22.7 Å². The van der Waals surface area contributed by atoms with Crippen LogP contribution in [-0.4, -0.2) is 47.2 Å². The van der Waals surface area contributed by atoms with Crippen LogP contribution >= 0.6 is 11.6 Å². The number of halogens is 1. The van der Waals surface area contributed by atoms with Gasteiger partial charge in [0.25, 0.3) is 0 Å². The summed E-state index contributed by atoms with van der Waals surface area (Å²) in [5.41, 5.74) is -1.07. The molecule has 7 atom stereocenters.